The van der Waals surface area contributed by atoms with Gasteiger partial charge in [0.1, 0.15) is 17.4 Å². The van der Waals surface area contributed by atoms with Crippen molar-refractivity contribution >= 4 is 11.8 Å². The summed E-state index contributed by atoms with van der Waals surface area (Å²) in [6.45, 7) is 1.68. The third-order valence-electron chi connectivity index (χ3n) is 3.70. The zero-order valence-corrected chi connectivity index (χ0v) is 14.4. The largest absolute Gasteiger partial charge is 0.496 e. The summed E-state index contributed by atoms with van der Waals surface area (Å²) < 4.78 is 34.5. The molecule has 1 atom stereocenters. The Labute approximate surface area is 147 Å². The number of hydrogen-bond donors (Lipinski definition) is 1. The van der Waals surface area contributed by atoms with Crippen molar-refractivity contribution in [1.29, 1.82) is 0 Å². The van der Waals surface area contributed by atoms with E-state index in [4.69, 9.17) is 10.6 Å². The molecule has 0 fully saturated rings. The van der Waals surface area contributed by atoms with Gasteiger partial charge in [0, 0.05) is 10.8 Å². The van der Waals surface area contributed by atoms with Gasteiger partial charge in [0.15, 0.2) is 5.82 Å². The van der Waals surface area contributed by atoms with Crippen LogP contribution in [0.5, 0.6) is 5.75 Å². The van der Waals surface area contributed by atoms with E-state index in [1.54, 1.807) is 26.2 Å². The van der Waals surface area contributed by atoms with Crippen molar-refractivity contribution in [2.24, 2.45) is 0 Å². The number of nitrogens with zero attached hydrogens (tertiary/aromatic N) is 3. The van der Waals surface area contributed by atoms with Gasteiger partial charge in [-0.05, 0) is 31.2 Å². The molecule has 0 aliphatic heterocycles. The summed E-state index contributed by atoms with van der Waals surface area (Å²) in [6.07, 6.45) is 0. The molecule has 1 unspecified atom stereocenters. The van der Waals surface area contributed by atoms with E-state index < -0.39 is 16.9 Å². The minimum atomic E-state index is -0.604. The van der Waals surface area contributed by atoms with E-state index in [1.165, 1.54) is 22.9 Å². The average Bonchev–Trinajstić information content (AvgIpc) is 2.95. The fourth-order valence-electron chi connectivity index (χ4n) is 2.49. The maximum Gasteiger partial charge on any atom is 0.210 e. The van der Waals surface area contributed by atoms with Crippen LogP contribution in [0.4, 0.5) is 8.78 Å². The first-order chi connectivity index (χ1) is 12.0. The Kier molecular flexibility index (Phi) is 4.89. The molecule has 1 heterocycles. The van der Waals surface area contributed by atoms with E-state index in [-0.39, 0.29) is 5.56 Å². The molecule has 2 N–H and O–H groups in total. The van der Waals surface area contributed by atoms with Crippen LogP contribution in [0.25, 0.3) is 11.4 Å². The van der Waals surface area contributed by atoms with Crippen molar-refractivity contribution in [2.45, 2.75) is 17.3 Å². The number of rotatable bonds is 5. The van der Waals surface area contributed by atoms with Crippen LogP contribution in [0.1, 0.15) is 17.7 Å². The number of benzene rings is 2. The van der Waals surface area contributed by atoms with Gasteiger partial charge in [-0.15, -0.1) is 10.2 Å². The molecule has 2 aromatic carbocycles. The number of hydrogen-bond acceptors (Lipinski definition) is 5. The molecule has 130 valence electrons. The third kappa shape index (κ3) is 3.30. The van der Waals surface area contributed by atoms with Gasteiger partial charge in [-0.3, -0.25) is 0 Å². The second kappa shape index (κ2) is 7.10. The minimum Gasteiger partial charge on any atom is -0.496 e. The third-order valence-corrected chi connectivity index (χ3v) is 4.78. The monoisotopic (exact) mass is 362 g/mol. The summed E-state index contributed by atoms with van der Waals surface area (Å²) in [4.78, 5) is 0. The van der Waals surface area contributed by atoms with Crippen molar-refractivity contribution in [3.05, 3.63) is 59.7 Å². The molecular weight excluding hydrogens is 346 g/mol. The number of nitrogens with two attached hydrogens (primary N) is 1. The lowest BCUT2D eigenvalue weighted by atomic mass is 10.1. The number of nitrogen functional groups attached to an aromatic ring is 1. The molecule has 8 heteroatoms. The molecule has 0 amide bonds. The van der Waals surface area contributed by atoms with Crippen LogP contribution in [0.15, 0.2) is 47.6 Å². The predicted molar refractivity (Wildman–Crippen MR) is 92.8 cm³/mol. The summed E-state index contributed by atoms with van der Waals surface area (Å²) in [7, 11) is 1.55. The van der Waals surface area contributed by atoms with Crippen LogP contribution in [-0.4, -0.2) is 22.0 Å². The highest BCUT2D eigenvalue weighted by atomic mass is 32.2. The number of para-hydroxylation sites is 1. The maximum atomic E-state index is 13.9. The predicted octanol–water partition coefficient (Wildman–Crippen LogP) is 3.80. The molecular formula is C17H16F2N4OS. The van der Waals surface area contributed by atoms with E-state index in [9.17, 15) is 8.78 Å². The topological polar surface area (TPSA) is 66.0 Å². The number of ether oxygens (including phenoxy) is 1. The molecule has 0 spiro atoms. The Morgan fingerprint density at radius 3 is 2.44 bits per heavy atom. The van der Waals surface area contributed by atoms with Crippen molar-refractivity contribution in [3.8, 4) is 17.1 Å². The van der Waals surface area contributed by atoms with E-state index in [2.05, 4.69) is 10.2 Å². The Balaban J connectivity index is 1.92. The lowest BCUT2D eigenvalue weighted by molar-refractivity contribution is 0.416. The molecule has 0 aliphatic carbocycles. The smallest absolute Gasteiger partial charge is 0.210 e. The quantitative estimate of drug-likeness (QED) is 0.552. The van der Waals surface area contributed by atoms with E-state index >= 15 is 0 Å². The summed E-state index contributed by atoms with van der Waals surface area (Å²) in [5, 5.41) is 7.94. The first kappa shape index (κ1) is 17.2. The highest BCUT2D eigenvalue weighted by Crippen LogP contribution is 2.37. The van der Waals surface area contributed by atoms with E-state index in [1.807, 2.05) is 12.1 Å². The van der Waals surface area contributed by atoms with Gasteiger partial charge in [-0.25, -0.2) is 13.5 Å². The zero-order chi connectivity index (χ0) is 18.0. The molecule has 1 aromatic heterocycles. The highest BCUT2D eigenvalue weighted by molar-refractivity contribution is 7.99. The van der Waals surface area contributed by atoms with Gasteiger partial charge in [0.05, 0.1) is 12.7 Å². The average molecular weight is 362 g/mol. The van der Waals surface area contributed by atoms with Crippen molar-refractivity contribution in [2.75, 3.05) is 13.0 Å². The molecule has 0 saturated carbocycles. The lowest BCUT2D eigenvalue weighted by Gasteiger charge is -2.13. The van der Waals surface area contributed by atoms with Crippen molar-refractivity contribution in [1.82, 2.24) is 14.9 Å². The molecule has 0 aliphatic rings. The molecule has 25 heavy (non-hydrogen) atoms. The Morgan fingerprint density at radius 2 is 1.76 bits per heavy atom. The number of methoxy groups -OCH3 is 1. The van der Waals surface area contributed by atoms with Gasteiger partial charge in [-0.1, -0.05) is 30.0 Å². The molecule has 3 rings (SSSR count). The summed E-state index contributed by atoms with van der Waals surface area (Å²) >= 11 is 1.12. The van der Waals surface area contributed by atoms with Crippen LogP contribution in [0.2, 0.25) is 0 Å². The molecule has 5 nitrogen and oxygen atoms in total. The first-order valence-corrected chi connectivity index (χ1v) is 8.35. The fraction of sp³-hybridized carbons (Fsp3) is 0.176. The van der Waals surface area contributed by atoms with Gasteiger partial charge in [-0.2, -0.15) is 0 Å². The number of thioether (sulfide) groups is 1. The Bertz CT molecular complexity index is 880. The van der Waals surface area contributed by atoms with Crippen molar-refractivity contribution < 1.29 is 13.5 Å². The SMILES string of the molecule is COc1ccccc1-c1nnc(SC(C)c2c(F)cccc2F)n1N. The second-order valence-electron chi connectivity index (χ2n) is 5.27. The van der Waals surface area contributed by atoms with Crippen LogP contribution < -0.4 is 10.6 Å². The summed E-state index contributed by atoms with van der Waals surface area (Å²) in [5.41, 5.74) is 0.658. The van der Waals surface area contributed by atoms with E-state index in [0.717, 1.165) is 11.8 Å². The molecule has 0 radical (unpaired) electrons. The van der Waals surface area contributed by atoms with E-state index in [0.29, 0.717) is 22.3 Å². The van der Waals surface area contributed by atoms with Crippen molar-refractivity contribution in [3.63, 3.8) is 0 Å². The first-order valence-electron chi connectivity index (χ1n) is 7.47. The second-order valence-corrected chi connectivity index (χ2v) is 6.58. The lowest BCUT2D eigenvalue weighted by Crippen LogP contribution is -2.12. The molecule has 3 aromatic rings. The minimum absolute atomic E-state index is 0.0191. The maximum absolute atomic E-state index is 13.9. The number of halogens is 2. The van der Waals surface area contributed by atoms with Crippen LogP contribution in [-0.2, 0) is 0 Å². The van der Waals surface area contributed by atoms with Crippen LogP contribution >= 0.6 is 11.8 Å². The normalized spacial score (nSPS) is 12.2. The van der Waals surface area contributed by atoms with Gasteiger partial charge < -0.3 is 10.6 Å². The molecule has 0 bridgehead atoms. The summed E-state index contributed by atoms with van der Waals surface area (Å²) in [6, 6.07) is 11.0. The standard InChI is InChI=1S/C17H16F2N4OS/c1-10(15-12(18)7-5-8-13(15)19)25-17-22-21-16(23(17)20)11-6-3-4-9-14(11)24-2/h3-10H,20H2,1-2H3. The highest BCUT2D eigenvalue weighted by Gasteiger charge is 2.22. The van der Waals surface area contributed by atoms with Gasteiger partial charge >= 0.3 is 0 Å². The van der Waals surface area contributed by atoms with Crippen LogP contribution in [0, 0.1) is 11.6 Å². The molecule has 0 saturated heterocycles. The zero-order valence-electron chi connectivity index (χ0n) is 13.6. The number of aromatic nitrogens is 3. The van der Waals surface area contributed by atoms with Gasteiger partial charge in [0.2, 0.25) is 5.16 Å². The van der Waals surface area contributed by atoms with Crippen LogP contribution in [0.3, 0.4) is 0 Å². The Hall–Kier alpha value is -2.61. The Morgan fingerprint density at radius 1 is 1.08 bits per heavy atom. The fourth-order valence-corrected chi connectivity index (χ4v) is 3.43. The van der Waals surface area contributed by atoms with Gasteiger partial charge in [0.25, 0.3) is 0 Å². The summed E-state index contributed by atoms with van der Waals surface area (Å²) in [5.74, 6) is 5.89.